The van der Waals surface area contributed by atoms with Gasteiger partial charge in [0.05, 0.1) is 17.5 Å². The van der Waals surface area contributed by atoms with Gasteiger partial charge in [-0.1, -0.05) is 47.6 Å². The van der Waals surface area contributed by atoms with E-state index in [0.717, 1.165) is 17.7 Å². The molecule has 0 fully saturated rings. The van der Waals surface area contributed by atoms with Crippen molar-refractivity contribution in [3.63, 3.8) is 0 Å². The van der Waals surface area contributed by atoms with E-state index in [4.69, 9.17) is 16.7 Å². The van der Waals surface area contributed by atoms with E-state index in [1.807, 2.05) is 35.3 Å². The number of carbonyl (C=O) groups excluding carboxylic acids is 1. The van der Waals surface area contributed by atoms with E-state index < -0.39 is 0 Å². The molecule has 1 aromatic heterocycles. The first-order chi connectivity index (χ1) is 11.2. The van der Waals surface area contributed by atoms with Crippen molar-refractivity contribution < 1.29 is 4.79 Å². The van der Waals surface area contributed by atoms with Gasteiger partial charge in [-0.05, 0) is 17.5 Å². The van der Waals surface area contributed by atoms with Crippen LogP contribution in [0.2, 0.25) is 5.02 Å². The number of hydrogen-bond acceptors (Lipinski definition) is 5. The highest BCUT2D eigenvalue weighted by atomic mass is 35.5. The minimum Gasteiger partial charge on any atom is -0.272 e. The Morgan fingerprint density at radius 1 is 1.22 bits per heavy atom. The number of carbonyl (C=O) groups is 1. The maximum Gasteiger partial charge on any atom is 0.258 e. The molecule has 2 aromatic rings. The lowest BCUT2D eigenvalue weighted by Gasteiger charge is -2.21. The van der Waals surface area contributed by atoms with Crippen LogP contribution >= 0.6 is 34.7 Å². The third-order valence-corrected chi connectivity index (χ3v) is 5.94. The lowest BCUT2D eigenvalue weighted by Crippen LogP contribution is -2.23. The topological polar surface area (TPSA) is 45.0 Å². The molecule has 0 N–H and O–H groups in total. The number of amidine groups is 1. The van der Waals surface area contributed by atoms with Crippen LogP contribution in [-0.2, 0) is 4.79 Å². The number of hydrazone groups is 1. The van der Waals surface area contributed by atoms with Gasteiger partial charge in [-0.3, -0.25) is 4.79 Å². The van der Waals surface area contributed by atoms with Crippen LogP contribution in [0.1, 0.15) is 22.9 Å². The van der Waals surface area contributed by atoms with Crippen molar-refractivity contribution in [2.45, 2.75) is 12.5 Å². The van der Waals surface area contributed by atoms with Crippen LogP contribution in [0.15, 0.2) is 51.9 Å². The molecule has 0 radical (unpaired) electrons. The van der Waals surface area contributed by atoms with E-state index >= 15 is 0 Å². The molecule has 1 amide bonds. The standard InChI is InChI=1S/C16H12ClN3OS2/c17-11-5-2-1-4-10(11)12-8-13(14-6-3-7-22-14)20(19-12)16-18-15(21)9-23-16/h1-7,13H,8-9H2. The highest BCUT2D eigenvalue weighted by Crippen LogP contribution is 2.38. The number of thiophene rings is 1. The van der Waals surface area contributed by atoms with Gasteiger partial charge < -0.3 is 0 Å². The lowest BCUT2D eigenvalue weighted by atomic mass is 10.0. The van der Waals surface area contributed by atoms with Crippen molar-refractivity contribution in [2.75, 3.05) is 5.75 Å². The summed E-state index contributed by atoms with van der Waals surface area (Å²) in [5, 5.41) is 10.0. The zero-order chi connectivity index (χ0) is 15.8. The fraction of sp³-hybridized carbons (Fsp3) is 0.188. The van der Waals surface area contributed by atoms with Crippen LogP contribution in [0.3, 0.4) is 0 Å². The van der Waals surface area contributed by atoms with Crippen LogP contribution in [0, 0.1) is 0 Å². The third kappa shape index (κ3) is 2.82. The number of thioether (sulfide) groups is 1. The molecular weight excluding hydrogens is 350 g/mol. The average molecular weight is 362 g/mol. The van der Waals surface area contributed by atoms with Crippen molar-refractivity contribution in [3.05, 3.63) is 57.2 Å². The predicted molar refractivity (Wildman–Crippen MR) is 96.4 cm³/mol. The molecule has 0 spiro atoms. The molecule has 1 aromatic carbocycles. The van der Waals surface area contributed by atoms with Crippen molar-refractivity contribution in [3.8, 4) is 0 Å². The average Bonchev–Trinajstić information content (AvgIpc) is 3.27. The first-order valence-corrected chi connectivity index (χ1v) is 9.36. The number of benzene rings is 1. The fourth-order valence-corrected chi connectivity index (χ4v) is 4.50. The number of hydrogen-bond donors (Lipinski definition) is 0. The van der Waals surface area contributed by atoms with Crippen molar-refractivity contribution in [2.24, 2.45) is 10.1 Å². The van der Waals surface area contributed by atoms with Gasteiger partial charge in [0, 0.05) is 21.9 Å². The number of nitrogens with zero attached hydrogens (tertiary/aromatic N) is 3. The molecule has 116 valence electrons. The fourth-order valence-electron chi connectivity index (χ4n) is 2.66. The zero-order valence-corrected chi connectivity index (χ0v) is 14.4. The summed E-state index contributed by atoms with van der Waals surface area (Å²) < 4.78 is 0. The summed E-state index contributed by atoms with van der Waals surface area (Å²) in [6.45, 7) is 0. The van der Waals surface area contributed by atoms with Crippen LogP contribution < -0.4 is 0 Å². The Labute approximate surface area is 146 Å². The maximum absolute atomic E-state index is 11.5. The molecule has 23 heavy (non-hydrogen) atoms. The highest BCUT2D eigenvalue weighted by molar-refractivity contribution is 8.14. The molecule has 0 saturated heterocycles. The summed E-state index contributed by atoms with van der Waals surface area (Å²) in [6.07, 6.45) is 0.748. The Morgan fingerprint density at radius 3 is 2.78 bits per heavy atom. The van der Waals surface area contributed by atoms with Crippen molar-refractivity contribution in [1.29, 1.82) is 0 Å². The second kappa shape index (κ2) is 6.11. The van der Waals surface area contributed by atoms with Crippen LogP contribution in [0.25, 0.3) is 0 Å². The molecule has 2 aliphatic heterocycles. The Balaban J connectivity index is 1.74. The molecule has 0 saturated carbocycles. The summed E-state index contributed by atoms with van der Waals surface area (Å²) in [4.78, 5) is 16.8. The molecule has 0 aliphatic carbocycles. The lowest BCUT2D eigenvalue weighted by molar-refractivity contribution is -0.115. The number of halogens is 1. The normalized spacial score (nSPS) is 20.8. The minimum absolute atomic E-state index is 0.0680. The summed E-state index contributed by atoms with van der Waals surface area (Å²) >= 11 is 9.45. The van der Waals surface area contributed by atoms with Crippen molar-refractivity contribution >= 4 is 51.5 Å². The Morgan fingerprint density at radius 2 is 2.09 bits per heavy atom. The van der Waals surface area contributed by atoms with Gasteiger partial charge in [-0.25, -0.2) is 5.01 Å². The largest absolute Gasteiger partial charge is 0.272 e. The summed E-state index contributed by atoms with van der Waals surface area (Å²) in [5.74, 6) is 0.288. The van der Waals surface area contributed by atoms with Gasteiger partial charge in [0.1, 0.15) is 0 Å². The van der Waals surface area contributed by atoms with Crippen molar-refractivity contribution in [1.82, 2.24) is 5.01 Å². The highest BCUT2D eigenvalue weighted by Gasteiger charge is 2.35. The van der Waals surface area contributed by atoms with Gasteiger partial charge in [-0.2, -0.15) is 10.1 Å². The summed E-state index contributed by atoms with van der Waals surface area (Å²) in [5.41, 5.74) is 1.87. The number of amides is 1. The van der Waals surface area contributed by atoms with E-state index in [-0.39, 0.29) is 11.9 Å². The molecule has 0 bridgehead atoms. The smallest absolute Gasteiger partial charge is 0.258 e. The van der Waals surface area contributed by atoms with E-state index in [1.165, 1.54) is 16.6 Å². The van der Waals surface area contributed by atoms with Gasteiger partial charge in [0.25, 0.3) is 5.91 Å². The Hall–Kier alpha value is -1.63. The molecule has 1 unspecified atom stereocenters. The van der Waals surface area contributed by atoms with Gasteiger partial charge >= 0.3 is 0 Å². The van der Waals surface area contributed by atoms with E-state index in [0.29, 0.717) is 15.9 Å². The zero-order valence-electron chi connectivity index (χ0n) is 12.0. The van der Waals surface area contributed by atoms with Gasteiger partial charge in [0.2, 0.25) is 0 Å². The van der Waals surface area contributed by atoms with Crippen LogP contribution in [0.5, 0.6) is 0 Å². The SMILES string of the molecule is O=C1CSC(N2N=C(c3ccccc3Cl)CC2c2cccs2)=N1. The molecule has 2 aliphatic rings. The number of aliphatic imine (C=N–C) groups is 1. The second-order valence-corrected chi connectivity index (χ2v) is 7.51. The van der Waals surface area contributed by atoms with Gasteiger partial charge in [0.15, 0.2) is 5.17 Å². The summed E-state index contributed by atoms with van der Waals surface area (Å²) in [7, 11) is 0. The molecule has 1 atom stereocenters. The molecule has 7 heteroatoms. The molecule has 4 rings (SSSR count). The Kier molecular flexibility index (Phi) is 3.97. The first-order valence-electron chi connectivity index (χ1n) is 7.12. The predicted octanol–water partition coefficient (Wildman–Crippen LogP) is 4.18. The quantitative estimate of drug-likeness (QED) is 0.805. The minimum atomic E-state index is -0.101. The molecular formula is C16H12ClN3OS2. The monoisotopic (exact) mass is 361 g/mol. The van der Waals surface area contributed by atoms with E-state index in [9.17, 15) is 4.79 Å². The Bertz CT molecular complexity index is 816. The van der Waals surface area contributed by atoms with E-state index in [2.05, 4.69) is 16.4 Å². The first kappa shape index (κ1) is 14.9. The molecule has 3 heterocycles. The summed E-state index contributed by atoms with van der Waals surface area (Å²) in [6, 6.07) is 11.9. The van der Waals surface area contributed by atoms with E-state index in [1.54, 1.807) is 11.3 Å². The second-order valence-electron chi connectivity index (χ2n) is 5.18. The van der Waals surface area contributed by atoms with Crippen LogP contribution in [0.4, 0.5) is 0 Å². The molecule has 4 nitrogen and oxygen atoms in total. The third-order valence-electron chi connectivity index (χ3n) is 3.71. The number of rotatable bonds is 2. The van der Waals surface area contributed by atoms with Crippen LogP contribution in [-0.4, -0.2) is 27.5 Å². The maximum atomic E-state index is 11.5. The van der Waals surface area contributed by atoms with Gasteiger partial charge in [-0.15, -0.1) is 11.3 Å².